The van der Waals surface area contributed by atoms with E-state index in [-0.39, 0.29) is 5.91 Å². The largest absolute Gasteiger partial charge is 0.399 e. The second-order valence-electron chi connectivity index (χ2n) is 5.32. The van der Waals surface area contributed by atoms with Crippen molar-refractivity contribution in [2.45, 2.75) is 45.1 Å². The highest BCUT2D eigenvalue weighted by Gasteiger charge is 2.22. The van der Waals surface area contributed by atoms with E-state index in [0.717, 1.165) is 11.3 Å². The number of benzene rings is 1. The summed E-state index contributed by atoms with van der Waals surface area (Å²) in [5.74, 6) is 0.777. The highest BCUT2D eigenvalue weighted by molar-refractivity contribution is 5.78. The summed E-state index contributed by atoms with van der Waals surface area (Å²) in [7, 11) is 0. The molecule has 3 N–H and O–H groups in total. The van der Waals surface area contributed by atoms with Crippen LogP contribution in [-0.4, -0.2) is 11.9 Å². The smallest absolute Gasteiger partial charge is 0.224 e. The van der Waals surface area contributed by atoms with Gasteiger partial charge in [-0.25, -0.2) is 0 Å². The molecule has 0 bridgehead atoms. The summed E-state index contributed by atoms with van der Waals surface area (Å²) in [6.07, 6.45) is 5.57. The van der Waals surface area contributed by atoms with Gasteiger partial charge in [0.25, 0.3) is 0 Å². The molecule has 3 nitrogen and oxygen atoms in total. The maximum atomic E-state index is 11.9. The van der Waals surface area contributed by atoms with E-state index in [1.807, 2.05) is 24.3 Å². The zero-order valence-electron chi connectivity index (χ0n) is 11.0. The summed E-state index contributed by atoms with van der Waals surface area (Å²) in [5.41, 5.74) is 7.37. The summed E-state index contributed by atoms with van der Waals surface area (Å²) in [5, 5.41) is 3.11. The quantitative estimate of drug-likeness (QED) is 0.802. The molecule has 1 aliphatic rings. The summed E-state index contributed by atoms with van der Waals surface area (Å²) < 4.78 is 0. The lowest BCUT2D eigenvalue weighted by Crippen LogP contribution is -2.38. The number of nitrogens with one attached hydrogen (secondary N) is 1. The van der Waals surface area contributed by atoms with Crippen molar-refractivity contribution in [2.75, 3.05) is 5.73 Å². The van der Waals surface area contributed by atoms with Gasteiger partial charge in [0.15, 0.2) is 0 Å². The zero-order valence-corrected chi connectivity index (χ0v) is 11.0. The predicted molar refractivity (Wildman–Crippen MR) is 74.1 cm³/mol. The molecule has 1 aromatic rings. The number of amides is 1. The minimum atomic E-state index is 0.110. The van der Waals surface area contributed by atoms with Crippen LogP contribution >= 0.6 is 0 Å². The molecule has 1 fully saturated rings. The van der Waals surface area contributed by atoms with Crippen molar-refractivity contribution in [3.05, 3.63) is 29.8 Å². The van der Waals surface area contributed by atoms with Crippen LogP contribution in [0, 0.1) is 5.92 Å². The van der Waals surface area contributed by atoms with E-state index in [1.54, 1.807) is 0 Å². The summed E-state index contributed by atoms with van der Waals surface area (Å²) in [6.45, 7) is 2.12. The molecule has 2 rings (SSSR count). The summed E-state index contributed by atoms with van der Waals surface area (Å²) in [6, 6.07) is 7.80. The molecule has 1 atom stereocenters. The molecule has 1 saturated carbocycles. The Hall–Kier alpha value is -1.51. The first kappa shape index (κ1) is 12.9. The average Bonchev–Trinajstić information content (AvgIpc) is 2.85. The van der Waals surface area contributed by atoms with Crippen LogP contribution in [0.5, 0.6) is 0 Å². The second-order valence-corrected chi connectivity index (χ2v) is 5.32. The standard InChI is InChI=1S/C15H22N2O/c1-11(13-4-2-3-5-13)17-15(18)10-12-6-8-14(16)9-7-12/h6-9,11,13H,2-5,10,16H2,1H3,(H,17,18)/t11-/m0/s1. The predicted octanol–water partition coefficient (Wildman–Crippen LogP) is 2.51. The Bertz CT molecular complexity index is 393. The topological polar surface area (TPSA) is 55.1 Å². The van der Waals surface area contributed by atoms with Crippen molar-refractivity contribution in [3.8, 4) is 0 Å². The molecule has 0 heterocycles. The molecule has 98 valence electrons. The number of carbonyl (C=O) groups excluding carboxylic acids is 1. The molecule has 1 aromatic carbocycles. The van der Waals surface area contributed by atoms with Crippen molar-refractivity contribution in [3.63, 3.8) is 0 Å². The van der Waals surface area contributed by atoms with E-state index in [1.165, 1.54) is 25.7 Å². The molecule has 0 radical (unpaired) electrons. The molecule has 3 heteroatoms. The van der Waals surface area contributed by atoms with E-state index in [9.17, 15) is 4.79 Å². The van der Waals surface area contributed by atoms with Gasteiger partial charge in [0.05, 0.1) is 6.42 Å². The zero-order chi connectivity index (χ0) is 13.0. The van der Waals surface area contributed by atoms with Crippen molar-refractivity contribution < 1.29 is 4.79 Å². The van der Waals surface area contributed by atoms with Crippen LogP contribution in [0.15, 0.2) is 24.3 Å². The van der Waals surface area contributed by atoms with Gasteiger partial charge in [-0.15, -0.1) is 0 Å². The van der Waals surface area contributed by atoms with Crippen LogP contribution in [0.25, 0.3) is 0 Å². The van der Waals surface area contributed by atoms with Gasteiger partial charge in [0, 0.05) is 11.7 Å². The maximum Gasteiger partial charge on any atom is 0.224 e. The lowest BCUT2D eigenvalue weighted by molar-refractivity contribution is -0.121. The second kappa shape index (κ2) is 5.89. The number of nitrogens with two attached hydrogens (primary N) is 1. The van der Waals surface area contributed by atoms with Gasteiger partial charge in [-0.05, 0) is 43.4 Å². The third-order valence-corrected chi connectivity index (χ3v) is 3.84. The molecular weight excluding hydrogens is 224 g/mol. The van der Waals surface area contributed by atoms with Gasteiger partial charge in [0.2, 0.25) is 5.91 Å². The molecule has 0 saturated heterocycles. The molecule has 1 amide bonds. The third-order valence-electron chi connectivity index (χ3n) is 3.84. The lowest BCUT2D eigenvalue weighted by Gasteiger charge is -2.20. The molecule has 0 aromatic heterocycles. The van der Waals surface area contributed by atoms with Crippen LogP contribution in [-0.2, 0) is 11.2 Å². The van der Waals surface area contributed by atoms with Crippen molar-refractivity contribution in [2.24, 2.45) is 5.92 Å². The van der Waals surface area contributed by atoms with E-state index in [4.69, 9.17) is 5.73 Å². The first-order chi connectivity index (χ1) is 8.65. The van der Waals surface area contributed by atoms with Crippen LogP contribution in [0.1, 0.15) is 38.2 Å². The molecule has 0 spiro atoms. The van der Waals surface area contributed by atoms with Gasteiger partial charge in [0.1, 0.15) is 0 Å². The monoisotopic (exact) mass is 246 g/mol. The minimum absolute atomic E-state index is 0.110. The van der Waals surface area contributed by atoms with Gasteiger partial charge < -0.3 is 11.1 Å². The number of hydrogen-bond donors (Lipinski definition) is 2. The fourth-order valence-electron chi connectivity index (χ4n) is 2.70. The Morgan fingerprint density at radius 2 is 1.94 bits per heavy atom. The number of hydrogen-bond acceptors (Lipinski definition) is 2. The van der Waals surface area contributed by atoms with E-state index in [2.05, 4.69) is 12.2 Å². The Morgan fingerprint density at radius 1 is 1.33 bits per heavy atom. The Balaban J connectivity index is 1.82. The third kappa shape index (κ3) is 3.49. The number of carbonyl (C=O) groups is 1. The lowest BCUT2D eigenvalue weighted by atomic mass is 9.99. The van der Waals surface area contributed by atoms with Gasteiger partial charge >= 0.3 is 0 Å². The Morgan fingerprint density at radius 3 is 2.56 bits per heavy atom. The number of rotatable bonds is 4. The maximum absolute atomic E-state index is 11.9. The Labute approximate surface area is 109 Å². The SMILES string of the molecule is C[C@H](NC(=O)Cc1ccc(N)cc1)C1CCCC1. The number of anilines is 1. The normalized spacial score (nSPS) is 17.6. The molecule has 1 aliphatic carbocycles. The fraction of sp³-hybridized carbons (Fsp3) is 0.533. The minimum Gasteiger partial charge on any atom is -0.399 e. The van der Waals surface area contributed by atoms with Crippen LogP contribution in [0.3, 0.4) is 0 Å². The molecule has 0 unspecified atom stereocenters. The average molecular weight is 246 g/mol. The van der Waals surface area contributed by atoms with Crippen molar-refractivity contribution >= 4 is 11.6 Å². The first-order valence-electron chi connectivity index (χ1n) is 6.79. The van der Waals surface area contributed by atoms with Crippen molar-refractivity contribution in [1.82, 2.24) is 5.32 Å². The van der Waals surface area contributed by atoms with E-state index in [0.29, 0.717) is 18.4 Å². The first-order valence-corrected chi connectivity index (χ1v) is 6.79. The summed E-state index contributed by atoms with van der Waals surface area (Å²) >= 11 is 0. The highest BCUT2D eigenvalue weighted by atomic mass is 16.1. The summed E-state index contributed by atoms with van der Waals surface area (Å²) in [4.78, 5) is 11.9. The highest BCUT2D eigenvalue weighted by Crippen LogP contribution is 2.27. The van der Waals surface area contributed by atoms with Crippen LogP contribution in [0.2, 0.25) is 0 Å². The van der Waals surface area contributed by atoms with Gasteiger partial charge in [-0.2, -0.15) is 0 Å². The van der Waals surface area contributed by atoms with Crippen molar-refractivity contribution in [1.29, 1.82) is 0 Å². The van der Waals surface area contributed by atoms with E-state index >= 15 is 0 Å². The molecule has 0 aliphatic heterocycles. The number of nitrogen functional groups attached to an aromatic ring is 1. The van der Waals surface area contributed by atoms with Gasteiger partial charge in [-0.1, -0.05) is 25.0 Å². The van der Waals surface area contributed by atoms with Crippen LogP contribution in [0.4, 0.5) is 5.69 Å². The molecular formula is C15H22N2O. The Kier molecular flexibility index (Phi) is 4.24. The van der Waals surface area contributed by atoms with Gasteiger partial charge in [-0.3, -0.25) is 4.79 Å². The fourth-order valence-corrected chi connectivity index (χ4v) is 2.70. The van der Waals surface area contributed by atoms with Crippen LogP contribution < -0.4 is 11.1 Å². The van der Waals surface area contributed by atoms with E-state index < -0.39 is 0 Å². The molecule has 18 heavy (non-hydrogen) atoms.